The molecule has 94 valence electrons. The number of aryl methyl sites for hydroxylation is 1. The van der Waals surface area contributed by atoms with Crippen LogP contribution < -0.4 is 15.8 Å². The van der Waals surface area contributed by atoms with Crippen LogP contribution >= 0.6 is 11.6 Å². The lowest BCUT2D eigenvalue weighted by Crippen LogP contribution is -1.97. The fraction of sp³-hybridized carbons (Fsp3) is 0.143. The summed E-state index contributed by atoms with van der Waals surface area (Å²) in [7, 11) is 1.65. The number of para-hydroxylation sites is 1. The first kappa shape index (κ1) is 12.6. The molecule has 2 rings (SSSR count). The predicted molar refractivity (Wildman–Crippen MR) is 76.9 cm³/mol. The summed E-state index contributed by atoms with van der Waals surface area (Å²) >= 11 is 6.11. The number of hydrogen-bond donors (Lipinski definition) is 2. The van der Waals surface area contributed by atoms with Crippen molar-refractivity contribution in [2.45, 2.75) is 6.92 Å². The van der Waals surface area contributed by atoms with E-state index in [1.54, 1.807) is 13.2 Å². The minimum Gasteiger partial charge on any atom is -0.496 e. The molecular formula is C14H15ClN2O. The van der Waals surface area contributed by atoms with E-state index >= 15 is 0 Å². The van der Waals surface area contributed by atoms with Crippen LogP contribution in [0.1, 0.15) is 5.56 Å². The molecule has 0 aliphatic rings. The average molecular weight is 263 g/mol. The SMILES string of the molecule is COc1ccc(Nc2c(N)cccc2Cl)cc1C. The molecule has 2 aromatic rings. The minimum atomic E-state index is 0.600. The first-order valence-electron chi connectivity index (χ1n) is 5.57. The fourth-order valence-corrected chi connectivity index (χ4v) is 2.00. The first-order valence-corrected chi connectivity index (χ1v) is 5.95. The molecule has 0 aliphatic heterocycles. The second-order valence-corrected chi connectivity index (χ2v) is 4.42. The maximum atomic E-state index is 6.11. The Morgan fingerprint density at radius 3 is 2.61 bits per heavy atom. The molecule has 0 aliphatic carbocycles. The van der Waals surface area contributed by atoms with Crippen molar-refractivity contribution < 1.29 is 4.74 Å². The molecule has 0 atom stereocenters. The fourth-order valence-electron chi connectivity index (χ4n) is 1.77. The number of anilines is 3. The zero-order chi connectivity index (χ0) is 13.1. The number of nitrogens with two attached hydrogens (primary N) is 1. The Labute approximate surface area is 112 Å². The molecular weight excluding hydrogens is 248 g/mol. The van der Waals surface area contributed by atoms with Crippen molar-refractivity contribution in [1.82, 2.24) is 0 Å². The highest BCUT2D eigenvalue weighted by Gasteiger charge is 2.06. The first-order chi connectivity index (χ1) is 8.61. The molecule has 0 amide bonds. The number of halogens is 1. The summed E-state index contributed by atoms with van der Waals surface area (Å²) < 4.78 is 5.22. The van der Waals surface area contributed by atoms with Crippen LogP contribution in [0.5, 0.6) is 5.75 Å². The monoisotopic (exact) mass is 262 g/mol. The summed E-state index contributed by atoms with van der Waals surface area (Å²) in [5, 5.41) is 3.82. The summed E-state index contributed by atoms with van der Waals surface area (Å²) in [5.41, 5.74) is 9.21. The molecule has 0 saturated heterocycles. The van der Waals surface area contributed by atoms with Crippen molar-refractivity contribution in [3.8, 4) is 5.75 Å². The lowest BCUT2D eigenvalue weighted by molar-refractivity contribution is 0.412. The number of benzene rings is 2. The second-order valence-electron chi connectivity index (χ2n) is 4.01. The van der Waals surface area contributed by atoms with E-state index in [0.717, 1.165) is 22.7 Å². The van der Waals surface area contributed by atoms with Crippen LogP contribution in [0.4, 0.5) is 17.1 Å². The minimum absolute atomic E-state index is 0.600. The van der Waals surface area contributed by atoms with Gasteiger partial charge < -0.3 is 15.8 Å². The third-order valence-electron chi connectivity index (χ3n) is 2.71. The summed E-state index contributed by atoms with van der Waals surface area (Å²) in [5.74, 6) is 0.854. The molecule has 0 saturated carbocycles. The van der Waals surface area contributed by atoms with Crippen LogP contribution in [0, 0.1) is 6.92 Å². The number of rotatable bonds is 3. The lowest BCUT2D eigenvalue weighted by atomic mass is 10.2. The highest BCUT2D eigenvalue weighted by atomic mass is 35.5. The summed E-state index contributed by atoms with van der Waals surface area (Å²) in [6.45, 7) is 1.99. The second kappa shape index (κ2) is 5.19. The number of ether oxygens (including phenoxy) is 1. The Balaban J connectivity index is 2.32. The van der Waals surface area contributed by atoms with Gasteiger partial charge in [0.2, 0.25) is 0 Å². The van der Waals surface area contributed by atoms with Crippen molar-refractivity contribution in [1.29, 1.82) is 0 Å². The van der Waals surface area contributed by atoms with Gasteiger partial charge in [-0.1, -0.05) is 17.7 Å². The van der Waals surface area contributed by atoms with E-state index in [1.165, 1.54) is 0 Å². The van der Waals surface area contributed by atoms with Crippen LogP contribution in [0.15, 0.2) is 36.4 Å². The van der Waals surface area contributed by atoms with E-state index in [9.17, 15) is 0 Å². The van der Waals surface area contributed by atoms with Crippen molar-refractivity contribution >= 4 is 28.7 Å². The maximum Gasteiger partial charge on any atom is 0.121 e. The van der Waals surface area contributed by atoms with E-state index in [-0.39, 0.29) is 0 Å². The molecule has 0 unspecified atom stereocenters. The van der Waals surface area contributed by atoms with Crippen LogP contribution in [-0.4, -0.2) is 7.11 Å². The van der Waals surface area contributed by atoms with Crippen LogP contribution in [0.25, 0.3) is 0 Å². The molecule has 0 bridgehead atoms. The zero-order valence-corrected chi connectivity index (χ0v) is 11.1. The van der Waals surface area contributed by atoms with Crippen molar-refractivity contribution in [2.75, 3.05) is 18.2 Å². The van der Waals surface area contributed by atoms with Crippen molar-refractivity contribution in [2.24, 2.45) is 0 Å². The van der Waals surface area contributed by atoms with Gasteiger partial charge in [-0.25, -0.2) is 0 Å². The average Bonchev–Trinajstić information content (AvgIpc) is 2.34. The van der Waals surface area contributed by atoms with Crippen molar-refractivity contribution in [3.63, 3.8) is 0 Å². The number of nitrogens with one attached hydrogen (secondary N) is 1. The van der Waals surface area contributed by atoms with Gasteiger partial charge in [0.15, 0.2) is 0 Å². The molecule has 18 heavy (non-hydrogen) atoms. The van der Waals surface area contributed by atoms with Crippen LogP contribution in [0.3, 0.4) is 0 Å². The summed E-state index contributed by atoms with van der Waals surface area (Å²) in [4.78, 5) is 0. The molecule has 4 heteroatoms. The largest absolute Gasteiger partial charge is 0.496 e. The van der Waals surface area contributed by atoms with Gasteiger partial charge in [-0.05, 0) is 42.8 Å². The molecule has 0 fully saturated rings. The molecule has 0 spiro atoms. The van der Waals surface area contributed by atoms with Gasteiger partial charge >= 0.3 is 0 Å². The Hall–Kier alpha value is -1.87. The number of methoxy groups -OCH3 is 1. The number of nitrogen functional groups attached to an aromatic ring is 1. The molecule has 0 radical (unpaired) electrons. The predicted octanol–water partition coefficient (Wildman–Crippen LogP) is 3.98. The quantitative estimate of drug-likeness (QED) is 0.823. The van der Waals surface area contributed by atoms with Crippen molar-refractivity contribution in [3.05, 3.63) is 47.0 Å². The van der Waals surface area contributed by atoms with E-state index in [4.69, 9.17) is 22.1 Å². The Kier molecular flexibility index (Phi) is 3.63. The van der Waals surface area contributed by atoms with Gasteiger partial charge in [0, 0.05) is 5.69 Å². The van der Waals surface area contributed by atoms with E-state index in [1.807, 2.05) is 37.3 Å². The summed E-state index contributed by atoms with van der Waals surface area (Å²) in [6, 6.07) is 11.3. The van der Waals surface area contributed by atoms with E-state index < -0.39 is 0 Å². The Morgan fingerprint density at radius 1 is 1.22 bits per heavy atom. The van der Waals surface area contributed by atoms with Crippen LogP contribution in [0.2, 0.25) is 5.02 Å². The van der Waals surface area contributed by atoms with Gasteiger partial charge in [0.25, 0.3) is 0 Å². The van der Waals surface area contributed by atoms with Gasteiger partial charge in [-0.15, -0.1) is 0 Å². The summed E-state index contributed by atoms with van der Waals surface area (Å²) in [6.07, 6.45) is 0. The molecule has 0 aromatic heterocycles. The Bertz CT molecular complexity index is 549. The van der Waals surface area contributed by atoms with Crippen LogP contribution in [-0.2, 0) is 0 Å². The van der Waals surface area contributed by atoms with Gasteiger partial charge in [0.1, 0.15) is 5.75 Å². The standard InChI is InChI=1S/C14H15ClN2O/c1-9-8-10(6-7-13(9)18-2)17-14-11(15)4-3-5-12(14)16/h3-8,17H,16H2,1-2H3. The van der Waals surface area contributed by atoms with Gasteiger partial charge in [-0.3, -0.25) is 0 Å². The van der Waals surface area contributed by atoms with Gasteiger partial charge in [0.05, 0.1) is 23.5 Å². The van der Waals surface area contributed by atoms with E-state index in [2.05, 4.69) is 5.32 Å². The molecule has 3 N–H and O–H groups in total. The third-order valence-corrected chi connectivity index (χ3v) is 3.02. The molecule has 0 heterocycles. The smallest absolute Gasteiger partial charge is 0.121 e. The van der Waals surface area contributed by atoms with Gasteiger partial charge in [-0.2, -0.15) is 0 Å². The zero-order valence-electron chi connectivity index (χ0n) is 10.3. The topological polar surface area (TPSA) is 47.3 Å². The van der Waals surface area contributed by atoms with E-state index in [0.29, 0.717) is 10.7 Å². The highest BCUT2D eigenvalue weighted by molar-refractivity contribution is 6.34. The highest BCUT2D eigenvalue weighted by Crippen LogP contribution is 2.32. The third kappa shape index (κ3) is 2.51. The molecule has 3 nitrogen and oxygen atoms in total. The Morgan fingerprint density at radius 2 is 2.00 bits per heavy atom. The lowest BCUT2D eigenvalue weighted by Gasteiger charge is -2.13. The normalized spacial score (nSPS) is 10.2. The number of hydrogen-bond acceptors (Lipinski definition) is 3. The maximum absolute atomic E-state index is 6.11. The molecule has 2 aromatic carbocycles.